The van der Waals surface area contributed by atoms with Crippen molar-refractivity contribution in [2.45, 2.75) is 12.8 Å². The summed E-state index contributed by atoms with van der Waals surface area (Å²) in [5, 5.41) is 0.713. The first-order valence-electron chi connectivity index (χ1n) is 2.94. The topological polar surface area (TPSA) is 29.5 Å². The van der Waals surface area contributed by atoms with E-state index in [-0.39, 0.29) is 6.54 Å². The van der Waals surface area contributed by atoms with Gasteiger partial charge in [-0.2, -0.15) is 8.78 Å². The van der Waals surface area contributed by atoms with Gasteiger partial charge in [0.1, 0.15) is 0 Å². The van der Waals surface area contributed by atoms with Crippen molar-refractivity contribution in [2.24, 2.45) is 0 Å². The highest BCUT2D eigenvalue weighted by Gasteiger charge is 2.26. The van der Waals surface area contributed by atoms with Crippen LogP contribution in [-0.4, -0.2) is 30.5 Å². The standard InChI is InChI=1S/C5H7F2NO2/c6-4(7)5(9)8-2-1-3-10-8/h4H,1-3H2. The van der Waals surface area contributed by atoms with E-state index >= 15 is 0 Å². The molecular weight excluding hydrogens is 144 g/mol. The van der Waals surface area contributed by atoms with E-state index < -0.39 is 12.3 Å². The highest BCUT2D eigenvalue weighted by atomic mass is 19.3. The van der Waals surface area contributed by atoms with Crippen LogP contribution in [0.1, 0.15) is 6.42 Å². The second-order valence-electron chi connectivity index (χ2n) is 1.93. The average molecular weight is 151 g/mol. The van der Waals surface area contributed by atoms with Crippen LogP contribution in [0.2, 0.25) is 0 Å². The molecule has 1 fully saturated rings. The lowest BCUT2D eigenvalue weighted by molar-refractivity contribution is -0.180. The van der Waals surface area contributed by atoms with E-state index in [2.05, 4.69) is 4.84 Å². The SMILES string of the molecule is O=C(C(F)F)N1CCCO1. The third-order valence-electron chi connectivity index (χ3n) is 1.19. The molecule has 0 aliphatic carbocycles. The summed E-state index contributed by atoms with van der Waals surface area (Å²) in [5.74, 6) is -1.24. The molecule has 5 heteroatoms. The maximum Gasteiger partial charge on any atom is 0.317 e. The zero-order chi connectivity index (χ0) is 7.56. The van der Waals surface area contributed by atoms with Crippen molar-refractivity contribution in [3.63, 3.8) is 0 Å². The molecule has 0 aromatic carbocycles. The molecular formula is C5H7F2NO2. The Labute approximate surface area is 56.5 Å². The summed E-state index contributed by atoms with van der Waals surface area (Å²) in [4.78, 5) is 15.0. The van der Waals surface area contributed by atoms with Crippen molar-refractivity contribution in [2.75, 3.05) is 13.2 Å². The average Bonchev–Trinajstić information content (AvgIpc) is 2.36. The molecule has 58 valence electrons. The Morgan fingerprint density at radius 3 is 2.70 bits per heavy atom. The molecule has 1 rings (SSSR count). The molecule has 0 bridgehead atoms. The normalized spacial score (nSPS) is 18.5. The number of carbonyl (C=O) groups excluding carboxylic acids is 1. The van der Waals surface area contributed by atoms with Gasteiger partial charge in [-0.3, -0.25) is 9.63 Å². The van der Waals surface area contributed by atoms with E-state index in [4.69, 9.17) is 0 Å². The molecule has 0 aromatic rings. The minimum atomic E-state index is -2.95. The summed E-state index contributed by atoms with van der Waals surface area (Å²) in [5.41, 5.74) is 0. The Morgan fingerprint density at radius 1 is 1.60 bits per heavy atom. The highest BCUT2D eigenvalue weighted by molar-refractivity contribution is 5.78. The number of rotatable bonds is 1. The van der Waals surface area contributed by atoms with Gasteiger partial charge in [0.05, 0.1) is 13.2 Å². The second kappa shape index (κ2) is 2.92. The lowest BCUT2D eigenvalue weighted by Crippen LogP contribution is -2.31. The molecule has 1 heterocycles. The van der Waals surface area contributed by atoms with Crippen LogP contribution in [0.5, 0.6) is 0 Å². The first-order chi connectivity index (χ1) is 4.72. The third-order valence-corrected chi connectivity index (χ3v) is 1.19. The molecule has 0 atom stereocenters. The number of alkyl halides is 2. The number of nitrogens with zero attached hydrogens (tertiary/aromatic N) is 1. The van der Waals surface area contributed by atoms with Crippen LogP contribution in [0, 0.1) is 0 Å². The number of hydrogen-bond acceptors (Lipinski definition) is 2. The van der Waals surface area contributed by atoms with Gasteiger partial charge in [-0.25, -0.2) is 5.06 Å². The quantitative estimate of drug-likeness (QED) is 0.543. The summed E-state index contributed by atoms with van der Waals surface area (Å²) >= 11 is 0. The molecule has 1 aliphatic heterocycles. The smallest absolute Gasteiger partial charge is 0.271 e. The Bertz CT molecular complexity index is 134. The van der Waals surface area contributed by atoms with E-state index in [1.807, 2.05) is 0 Å². The second-order valence-corrected chi connectivity index (χ2v) is 1.93. The minimum Gasteiger partial charge on any atom is -0.271 e. The Balaban J connectivity index is 2.40. The molecule has 1 amide bonds. The maximum absolute atomic E-state index is 11.6. The van der Waals surface area contributed by atoms with Gasteiger partial charge in [-0.05, 0) is 6.42 Å². The van der Waals surface area contributed by atoms with Crippen molar-refractivity contribution in [1.29, 1.82) is 0 Å². The zero-order valence-electron chi connectivity index (χ0n) is 5.22. The van der Waals surface area contributed by atoms with Crippen LogP contribution in [0.3, 0.4) is 0 Å². The Kier molecular flexibility index (Phi) is 2.16. The summed E-state index contributed by atoms with van der Waals surface area (Å²) in [6.45, 7) is 0.641. The van der Waals surface area contributed by atoms with Gasteiger partial charge in [0.25, 0.3) is 0 Å². The number of amides is 1. The molecule has 0 aromatic heterocycles. The number of carbonyl (C=O) groups is 1. The van der Waals surface area contributed by atoms with Crippen molar-refractivity contribution in [3.8, 4) is 0 Å². The van der Waals surface area contributed by atoms with Crippen LogP contribution in [0.4, 0.5) is 8.78 Å². The van der Waals surface area contributed by atoms with Crippen LogP contribution in [0.15, 0.2) is 0 Å². The van der Waals surface area contributed by atoms with E-state index in [1.54, 1.807) is 0 Å². The first kappa shape index (κ1) is 7.40. The molecule has 1 saturated heterocycles. The van der Waals surface area contributed by atoms with Gasteiger partial charge in [-0.1, -0.05) is 0 Å². The van der Waals surface area contributed by atoms with Crippen LogP contribution in [-0.2, 0) is 9.63 Å². The lowest BCUT2D eigenvalue weighted by Gasteiger charge is -2.11. The monoisotopic (exact) mass is 151 g/mol. The van der Waals surface area contributed by atoms with E-state index in [9.17, 15) is 13.6 Å². The fourth-order valence-corrected chi connectivity index (χ4v) is 0.730. The fraction of sp³-hybridized carbons (Fsp3) is 0.800. The Morgan fingerprint density at radius 2 is 2.30 bits per heavy atom. The zero-order valence-corrected chi connectivity index (χ0v) is 5.22. The van der Waals surface area contributed by atoms with Crippen LogP contribution >= 0.6 is 0 Å². The third kappa shape index (κ3) is 1.41. The summed E-state index contributed by atoms with van der Waals surface area (Å²) in [6, 6.07) is 0. The summed E-state index contributed by atoms with van der Waals surface area (Å²) < 4.78 is 23.2. The molecule has 0 unspecified atom stereocenters. The Hall–Kier alpha value is -0.710. The van der Waals surface area contributed by atoms with Gasteiger partial charge in [0.2, 0.25) is 0 Å². The lowest BCUT2D eigenvalue weighted by atomic mass is 10.5. The number of halogens is 2. The summed E-state index contributed by atoms with van der Waals surface area (Å²) in [6.07, 6.45) is -2.31. The van der Waals surface area contributed by atoms with E-state index in [1.165, 1.54) is 0 Å². The molecule has 3 nitrogen and oxygen atoms in total. The largest absolute Gasteiger partial charge is 0.317 e. The number of hydroxylamine groups is 2. The maximum atomic E-state index is 11.6. The predicted octanol–water partition coefficient (Wildman–Crippen LogP) is 0.415. The molecule has 10 heavy (non-hydrogen) atoms. The van der Waals surface area contributed by atoms with Crippen molar-refractivity contribution in [3.05, 3.63) is 0 Å². The van der Waals surface area contributed by atoms with Crippen LogP contribution in [0.25, 0.3) is 0 Å². The molecule has 1 aliphatic rings. The summed E-state index contributed by atoms with van der Waals surface area (Å²) in [7, 11) is 0. The first-order valence-corrected chi connectivity index (χ1v) is 2.94. The predicted molar refractivity (Wildman–Crippen MR) is 28.3 cm³/mol. The number of hydrogen-bond donors (Lipinski definition) is 0. The van der Waals surface area contributed by atoms with E-state index in [0.29, 0.717) is 18.1 Å². The van der Waals surface area contributed by atoms with Crippen molar-refractivity contribution >= 4 is 5.91 Å². The van der Waals surface area contributed by atoms with Gasteiger partial charge in [0, 0.05) is 0 Å². The molecule has 0 N–H and O–H groups in total. The minimum absolute atomic E-state index is 0.281. The van der Waals surface area contributed by atoms with E-state index in [0.717, 1.165) is 0 Å². The van der Waals surface area contributed by atoms with Gasteiger partial charge >= 0.3 is 12.3 Å². The van der Waals surface area contributed by atoms with Gasteiger partial charge < -0.3 is 0 Å². The molecule has 0 spiro atoms. The highest BCUT2D eigenvalue weighted by Crippen LogP contribution is 2.08. The van der Waals surface area contributed by atoms with Gasteiger partial charge in [-0.15, -0.1) is 0 Å². The fourth-order valence-electron chi connectivity index (χ4n) is 0.730. The van der Waals surface area contributed by atoms with Crippen LogP contribution < -0.4 is 0 Å². The van der Waals surface area contributed by atoms with Crippen molar-refractivity contribution < 1.29 is 18.4 Å². The van der Waals surface area contributed by atoms with Crippen molar-refractivity contribution in [1.82, 2.24) is 5.06 Å². The van der Waals surface area contributed by atoms with Gasteiger partial charge in [0.15, 0.2) is 0 Å². The molecule has 0 radical (unpaired) electrons. The molecule has 0 saturated carbocycles.